The van der Waals surface area contributed by atoms with Gasteiger partial charge in [-0.05, 0) is 36.8 Å². The molecular weight excluding hydrogens is 414 g/mol. The average Bonchev–Trinajstić information content (AvgIpc) is 3.28. The number of halogens is 1. The molecule has 2 aromatic heterocycles. The number of thiophene rings is 1. The molecule has 0 aliphatic rings. The van der Waals surface area contributed by atoms with Crippen LogP contribution < -0.4 is 5.43 Å². The molecule has 5 rings (SSSR count). The van der Waals surface area contributed by atoms with Crippen LogP contribution in [-0.2, 0) is 6.54 Å². The van der Waals surface area contributed by atoms with Gasteiger partial charge in [-0.3, -0.25) is 4.79 Å². The molecule has 0 atom stereocenters. The molecule has 30 heavy (non-hydrogen) atoms. The summed E-state index contributed by atoms with van der Waals surface area (Å²) in [5, 5.41) is 7.90. The number of benzene rings is 3. The third-order valence-electron chi connectivity index (χ3n) is 5.23. The molecule has 2 heterocycles. The van der Waals surface area contributed by atoms with Gasteiger partial charge in [0, 0.05) is 38.4 Å². The van der Waals surface area contributed by atoms with Crippen molar-refractivity contribution in [2.24, 2.45) is 5.10 Å². The van der Waals surface area contributed by atoms with Crippen LogP contribution in [0.1, 0.15) is 22.2 Å². The van der Waals surface area contributed by atoms with Crippen LogP contribution in [0.5, 0.6) is 0 Å². The normalized spacial score (nSPS) is 11.8. The number of nitrogens with zero attached hydrogens (tertiary/aromatic N) is 2. The Kier molecular flexibility index (Phi) is 4.77. The molecule has 0 aliphatic heterocycles. The molecule has 1 N–H and O–H groups in total. The van der Waals surface area contributed by atoms with Crippen LogP contribution >= 0.6 is 22.9 Å². The lowest BCUT2D eigenvalue weighted by Crippen LogP contribution is -2.16. The van der Waals surface area contributed by atoms with Crippen molar-refractivity contribution >= 4 is 67.0 Å². The summed E-state index contributed by atoms with van der Waals surface area (Å²) in [6, 6.07) is 22.3. The van der Waals surface area contributed by atoms with Gasteiger partial charge < -0.3 is 4.57 Å². The van der Waals surface area contributed by atoms with Crippen molar-refractivity contribution in [1.82, 2.24) is 9.99 Å². The van der Waals surface area contributed by atoms with Gasteiger partial charge in [0.1, 0.15) is 4.88 Å². The first-order chi connectivity index (χ1) is 14.7. The molecule has 0 bridgehead atoms. The molecule has 0 aliphatic carbocycles. The molecule has 0 radical (unpaired) electrons. The standard InChI is InChI=1S/C24H18ClN3OS/c1-2-28-19-9-5-3-7-16(19)18-13-15(11-12-20(18)28)14-26-27-24(29)23-22(25)17-8-4-6-10-21(17)30-23/h3-14H,2H2,1H3,(H,27,29)/b26-14+. The van der Waals surface area contributed by atoms with E-state index in [9.17, 15) is 4.79 Å². The number of hydrazone groups is 1. The minimum Gasteiger partial charge on any atom is -0.341 e. The summed E-state index contributed by atoms with van der Waals surface area (Å²) in [6.45, 7) is 3.05. The zero-order valence-electron chi connectivity index (χ0n) is 16.2. The zero-order chi connectivity index (χ0) is 20.7. The molecule has 0 saturated heterocycles. The summed E-state index contributed by atoms with van der Waals surface area (Å²) in [6.07, 6.45) is 1.66. The Morgan fingerprint density at radius 2 is 1.77 bits per heavy atom. The van der Waals surface area contributed by atoms with Crippen molar-refractivity contribution < 1.29 is 4.79 Å². The molecule has 0 unspecified atom stereocenters. The highest BCUT2D eigenvalue weighted by molar-refractivity contribution is 7.21. The van der Waals surface area contributed by atoms with Gasteiger partial charge in [-0.2, -0.15) is 5.10 Å². The number of hydrogen-bond acceptors (Lipinski definition) is 3. The van der Waals surface area contributed by atoms with E-state index in [1.165, 1.54) is 33.1 Å². The molecule has 0 fully saturated rings. The molecular formula is C24H18ClN3OS. The second-order valence-corrected chi connectivity index (χ2v) is 8.41. The van der Waals surface area contributed by atoms with E-state index in [1.807, 2.05) is 30.3 Å². The maximum absolute atomic E-state index is 12.6. The van der Waals surface area contributed by atoms with E-state index in [4.69, 9.17) is 11.6 Å². The van der Waals surface area contributed by atoms with Crippen molar-refractivity contribution in [2.75, 3.05) is 0 Å². The predicted octanol–water partition coefficient (Wildman–Crippen LogP) is 6.45. The van der Waals surface area contributed by atoms with Crippen LogP contribution in [-0.4, -0.2) is 16.7 Å². The number of para-hydroxylation sites is 1. The number of carbonyl (C=O) groups excluding carboxylic acids is 1. The highest BCUT2D eigenvalue weighted by Gasteiger charge is 2.16. The molecule has 148 valence electrons. The first-order valence-corrected chi connectivity index (χ1v) is 10.9. The van der Waals surface area contributed by atoms with Crippen molar-refractivity contribution in [3.8, 4) is 0 Å². The summed E-state index contributed by atoms with van der Waals surface area (Å²) >= 11 is 7.75. The van der Waals surface area contributed by atoms with Crippen LogP contribution in [0, 0.1) is 0 Å². The fourth-order valence-electron chi connectivity index (χ4n) is 3.87. The number of hydrogen-bond donors (Lipinski definition) is 1. The van der Waals surface area contributed by atoms with E-state index in [0.717, 1.165) is 22.2 Å². The van der Waals surface area contributed by atoms with E-state index in [0.29, 0.717) is 9.90 Å². The maximum atomic E-state index is 12.6. The lowest BCUT2D eigenvalue weighted by atomic mass is 10.1. The molecule has 5 aromatic rings. The van der Waals surface area contributed by atoms with Crippen molar-refractivity contribution in [3.05, 3.63) is 82.2 Å². The van der Waals surface area contributed by atoms with Gasteiger partial charge in [0.15, 0.2) is 0 Å². The summed E-state index contributed by atoms with van der Waals surface area (Å²) in [5.74, 6) is -0.305. The fourth-order valence-corrected chi connectivity index (χ4v) is 5.28. The largest absolute Gasteiger partial charge is 0.341 e. The average molecular weight is 432 g/mol. The quantitative estimate of drug-likeness (QED) is 0.258. The van der Waals surface area contributed by atoms with Crippen LogP contribution in [0.25, 0.3) is 31.9 Å². The van der Waals surface area contributed by atoms with E-state index < -0.39 is 0 Å². The molecule has 0 saturated carbocycles. The monoisotopic (exact) mass is 431 g/mol. The molecule has 1 amide bonds. The number of nitrogens with one attached hydrogen (secondary N) is 1. The second kappa shape index (κ2) is 7.59. The topological polar surface area (TPSA) is 46.4 Å². The van der Waals surface area contributed by atoms with Crippen LogP contribution in [0.15, 0.2) is 71.8 Å². The summed E-state index contributed by atoms with van der Waals surface area (Å²) < 4.78 is 3.28. The Balaban J connectivity index is 1.43. The number of aryl methyl sites for hydroxylation is 1. The predicted molar refractivity (Wildman–Crippen MR) is 127 cm³/mol. The Hall–Kier alpha value is -3.15. The van der Waals surface area contributed by atoms with Crippen molar-refractivity contribution in [2.45, 2.75) is 13.5 Å². The van der Waals surface area contributed by atoms with Crippen molar-refractivity contribution in [3.63, 3.8) is 0 Å². The Labute approximate surface area is 182 Å². The number of fused-ring (bicyclic) bond motifs is 4. The fraction of sp³-hybridized carbons (Fsp3) is 0.0833. The Morgan fingerprint density at radius 1 is 1.03 bits per heavy atom. The molecule has 4 nitrogen and oxygen atoms in total. The summed E-state index contributed by atoms with van der Waals surface area (Å²) in [5.41, 5.74) is 5.93. The smallest absolute Gasteiger partial charge is 0.283 e. The highest BCUT2D eigenvalue weighted by Crippen LogP contribution is 2.35. The lowest BCUT2D eigenvalue weighted by Gasteiger charge is -2.02. The Bertz CT molecular complexity index is 1450. The highest BCUT2D eigenvalue weighted by atomic mass is 35.5. The van der Waals surface area contributed by atoms with E-state index in [1.54, 1.807) is 6.21 Å². The third kappa shape index (κ3) is 3.07. The molecule has 6 heteroatoms. The summed E-state index contributed by atoms with van der Waals surface area (Å²) in [4.78, 5) is 13.0. The second-order valence-electron chi connectivity index (χ2n) is 6.98. The van der Waals surface area contributed by atoms with Gasteiger partial charge in [0.2, 0.25) is 0 Å². The van der Waals surface area contributed by atoms with Gasteiger partial charge in [0.05, 0.1) is 11.2 Å². The minimum absolute atomic E-state index is 0.305. The van der Waals surface area contributed by atoms with E-state index in [2.05, 4.69) is 58.4 Å². The van der Waals surface area contributed by atoms with Crippen molar-refractivity contribution in [1.29, 1.82) is 0 Å². The van der Waals surface area contributed by atoms with E-state index in [-0.39, 0.29) is 5.91 Å². The van der Waals surface area contributed by atoms with Crippen LogP contribution in [0.3, 0.4) is 0 Å². The number of carbonyl (C=O) groups is 1. The first kappa shape index (κ1) is 18.9. The third-order valence-corrected chi connectivity index (χ3v) is 6.91. The first-order valence-electron chi connectivity index (χ1n) is 9.69. The number of rotatable bonds is 4. The van der Waals surface area contributed by atoms with E-state index >= 15 is 0 Å². The van der Waals surface area contributed by atoms with Gasteiger partial charge in [-0.1, -0.05) is 54.1 Å². The number of amides is 1. The van der Waals surface area contributed by atoms with Gasteiger partial charge in [0.25, 0.3) is 5.91 Å². The van der Waals surface area contributed by atoms with Crippen LogP contribution in [0.2, 0.25) is 5.02 Å². The number of aromatic nitrogens is 1. The van der Waals surface area contributed by atoms with Crippen LogP contribution in [0.4, 0.5) is 0 Å². The SMILES string of the molecule is CCn1c2ccccc2c2cc(/C=N/NC(=O)c3sc4ccccc4c3Cl)ccc21. The van der Waals surface area contributed by atoms with Gasteiger partial charge in [-0.15, -0.1) is 11.3 Å². The Morgan fingerprint density at radius 3 is 2.57 bits per heavy atom. The van der Waals surface area contributed by atoms with Gasteiger partial charge in [-0.25, -0.2) is 5.43 Å². The lowest BCUT2D eigenvalue weighted by molar-refractivity contribution is 0.0959. The molecule has 0 spiro atoms. The summed E-state index contributed by atoms with van der Waals surface area (Å²) in [7, 11) is 0. The minimum atomic E-state index is -0.305. The molecule has 3 aromatic carbocycles. The van der Waals surface area contributed by atoms with Gasteiger partial charge >= 0.3 is 0 Å². The maximum Gasteiger partial charge on any atom is 0.283 e. The zero-order valence-corrected chi connectivity index (χ0v) is 17.8.